The number of aromatic nitrogens is 1. The molecule has 0 aliphatic rings. The van der Waals surface area contributed by atoms with Gasteiger partial charge in [0.1, 0.15) is 11.3 Å². The first kappa shape index (κ1) is 19.5. The van der Waals surface area contributed by atoms with E-state index in [1.807, 2.05) is 48.5 Å². The van der Waals surface area contributed by atoms with Gasteiger partial charge in [-0.1, -0.05) is 11.6 Å². The SMILES string of the molecule is COc1ccc(-c2[o+]c(-c3ccc(Cl)cc3)[n-][s+]2)cc1.[O-][Cl+3]([O-])([O-])[O-]. The van der Waals surface area contributed by atoms with Crippen molar-refractivity contribution in [3.8, 4) is 27.8 Å². The van der Waals surface area contributed by atoms with Gasteiger partial charge in [-0.05, 0) is 48.5 Å². The van der Waals surface area contributed by atoms with E-state index in [2.05, 4.69) is 4.37 Å². The molecule has 0 amide bonds. The Labute approximate surface area is 154 Å². The Morgan fingerprint density at radius 3 is 2.00 bits per heavy atom. The molecule has 0 unspecified atom stereocenters. The van der Waals surface area contributed by atoms with Gasteiger partial charge in [0, 0.05) is 5.02 Å². The normalized spacial score (nSPS) is 10.8. The third-order valence-electron chi connectivity index (χ3n) is 2.82. The fourth-order valence-electron chi connectivity index (χ4n) is 1.75. The molecule has 0 spiro atoms. The second kappa shape index (κ2) is 8.54. The molecular weight excluding hydrogens is 393 g/mol. The van der Waals surface area contributed by atoms with Crippen molar-refractivity contribution < 1.29 is 38.0 Å². The molecule has 0 aliphatic heterocycles. The monoisotopic (exact) mass is 403 g/mol. The largest absolute Gasteiger partial charge is 0.598 e. The molecule has 0 atom stereocenters. The topological polar surface area (TPSA) is 127 Å². The average molecular weight is 404 g/mol. The van der Waals surface area contributed by atoms with E-state index in [1.165, 1.54) is 11.5 Å². The van der Waals surface area contributed by atoms with Crippen molar-refractivity contribution >= 4 is 23.1 Å². The summed E-state index contributed by atoms with van der Waals surface area (Å²) in [6.07, 6.45) is 0. The van der Waals surface area contributed by atoms with Crippen molar-refractivity contribution in [1.82, 2.24) is 4.37 Å². The summed E-state index contributed by atoms with van der Waals surface area (Å²) in [6, 6.07) is 15.1. The van der Waals surface area contributed by atoms with Crippen LogP contribution in [0.25, 0.3) is 22.1 Å². The second-order valence-corrected chi connectivity index (χ2v) is 6.42. The first-order chi connectivity index (χ1) is 11.8. The summed E-state index contributed by atoms with van der Waals surface area (Å²) in [5.41, 5.74) is 1.88. The molecule has 0 bridgehead atoms. The molecule has 0 saturated heterocycles. The van der Waals surface area contributed by atoms with Gasteiger partial charge in [0.05, 0.1) is 12.7 Å². The number of rotatable bonds is 3. The Hall–Kier alpha value is -1.78. The minimum absolute atomic E-state index is 0.595. The first-order valence-electron chi connectivity index (χ1n) is 6.58. The molecule has 0 N–H and O–H groups in total. The van der Waals surface area contributed by atoms with Crippen LogP contribution < -0.4 is 27.7 Å². The van der Waals surface area contributed by atoms with Crippen molar-refractivity contribution in [2.75, 3.05) is 7.11 Å². The number of benzene rings is 2. The van der Waals surface area contributed by atoms with Crippen molar-refractivity contribution in [2.24, 2.45) is 0 Å². The fraction of sp³-hybridized carbons (Fsp3) is 0.0667. The smallest absolute Gasteiger partial charge is 0.497 e. The van der Waals surface area contributed by atoms with Crippen LogP contribution in [0, 0.1) is 10.2 Å². The van der Waals surface area contributed by atoms with Crippen LogP contribution in [0.5, 0.6) is 5.75 Å². The zero-order valence-corrected chi connectivity index (χ0v) is 15.0. The Bertz CT molecular complexity index is 796. The number of methoxy groups -OCH3 is 1. The van der Waals surface area contributed by atoms with Crippen molar-refractivity contribution in [3.63, 3.8) is 0 Å². The number of nitrogens with zero attached hydrogens (tertiary/aromatic N) is 1. The van der Waals surface area contributed by atoms with Gasteiger partial charge >= 0.3 is 11.0 Å². The first-order valence-corrected chi connectivity index (χ1v) is 8.97. The molecule has 3 aromatic rings. The fourth-order valence-corrected chi connectivity index (χ4v) is 2.54. The van der Waals surface area contributed by atoms with E-state index in [1.54, 1.807) is 7.11 Å². The predicted molar refractivity (Wildman–Crippen MR) is 81.2 cm³/mol. The minimum atomic E-state index is -4.94. The van der Waals surface area contributed by atoms with Gasteiger partial charge in [-0.3, -0.25) is 4.37 Å². The van der Waals surface area contributed by atoms with E-state index in [0.717, 1.165) is 22.0 Å². The highest BCUT2D eigenvalue weighted by Crippen LogP contribution is 2.30. The summed E-state index contributed by atoms with van der Waals surface area (Å²) in [6.45, 7) is 0. The van der Waals surface area contributed by atoms with Gasteiger partial charge < -0.3 is 4.74 Å². The summed E-state index contributed by atoms with van der Waals surface area (Å²) < 4.78 is 49.2. The van der Waals surface area contributed by atoms with Crippen LogP contribution in [0.15, 0.2) is 52.9 Å². The van der Waals surface area contributed by atoms with Gasteiger partial charge in [0.2, 0.25) is 0 Å². The van der Waals surface area contributed by atoms with Crippen LogP contribution in [-0.2, 0) is 0 Å². The molecule has 2 aromatic carbocycles. The van der Waals surface area contributed by atoms with E-state index in [4.69, 9.17) is 39.4 Å². The molecule has 1 aromatic heterocycles. The highest BCUT2D eigenvalue weighted by molar-refractivity contribution is 7.08. The summed E-state index contributed by atoms with van der Waals surface area (Å²) in [5, 5.41) is 1.46. The van der Waals surface area contributed by atoms with Crippen LogP contribution in [0.2, 0.25) is 5.02 Å². The molecular formula is C15H11Cl2NO6S. The summed E-state index contributed by atoms with van der Waals surface area (Å²) in [4.78, 5) is 0. The van der Waals surface area contributed by atoms with E-state index >= 15 is 0 Å². The summed E-state index contributed by atoms with van der Waals surface area (Å²) in [7, 11) is -3.30. The molecule has 3 rings (SSSR count). The highest BCUT2D eigenvalue weighted by atomic mass is 35.7. The lowest BCUT2D eigenvalue weighted by Gasteiger charge is -2.17. The zero-order valence-electron chi connectivity index (χ0n) is 12.7. The van der Waals surface area contributed by atoms with Crippen LogP contribution in [0.3, 0.4) is 0 Å². The predicted octanol–water partition coefficient (Wildman–Crippen LogP) is 0.101. The van der Waals surface area contributed by atoms with Gasteiger partial charge in [-0.2, -0.15) is 4.42 Å². The third-order valence-corrected chi connectivity index (χ3v) is 3.81. The molecule has 0 radical (unpaired) electrons. The molecule has 0 aliphatic carbocycles. The molecule has 10 heteroatoms. The van der Waals surface area contributed by atoms with Crippen LogP contribution in [-0.4, -0.2) is 7.11 Å². The van der Waals surface area contributed by atoms with Crippen LogP contribution in [0.1, 0.15) is 0 Å². The minimum Gasteiger partial charge on any atom is -0.497 e. The lowest BCUT2D eigenvalue weighted by Crippen LogP contribution is -2.68. The van der Waals surface area contributed by atoms with Crippen molar-refractivity contribution in [1.29, 1.82) is 0 Å². The van der Waals surface area contributed by atoms with Gasteiger partial charge in [0.25, 0.3) is 11.5 Å². The molecule has 0 saturated carbocycles. The Morgan fingerprint density at radius 1 is 0.960 bits per heavy atom. The standard InChI is InChI=1S/C15H11ClNO2S.ClHO4/c1-18-13-8-4-11(5-9-13)15-19-14(17-20-15)10-2-6-12(16)7-3-10;2-1(3,4)5/h2-9H,1H3;(H,2,3,4,5)/q+1;/p-1. The third kappa shape index (κ3) is 6.56. The maximum absolute atomic E-state index is 8.49. The lowest BCUT2D eigenvalue weighted by atomic mass is 10.2. The Balaban J connectivity index is 0.000000399. The van der Waals surface area contributed by atoms with Crippen molar-refractivity contribution in [3.05, 3.63) is 53.6 Å². The zero-order chi connectivity index (χ0) is 18.4. The van der Waals surface area contributed by atoms with Gasteiger partial charge in [-0.25, -0.2) is 18.6 Å². The maximum atomic E-state index is 8.49. The maximum Gasteiger partial charge on any atom is 0.598 e. The van der Waals surface area contributed by atoms with E-state index in [-0.39, 0.29) is 0 Å². The van der Waals surface area contributed by atoms with Crippen LogP contribution in [0.4, 0.5) is 0 Å². The number of hydrogen-bond donors (Lipinski definition) is 0. The van der Waals surface area contributed by atoms with E-state index in [0.29, 0.717) is 10.9 Å². The number of hydrogen-bond acceptors (Lipinski definition) is 5. The molecule has 132 valence electrons. The van der Waals surface area contributed by atoms with Gasteiger partial charge in [-0.15, -0.1) is 10.2 Å². The van der Waals surface area contributed by atoms with E-state index < -0.39 is 10.2 Å². The average Bonchev–Trinajstić information content (AvgIpc) is 3.04. The van der Waals surface area contributed by atoms with Gasteiger partial charge in [0.15, 0.2) is 0 Å². The molecule has 0 fully saturated rings. The quantitative estimate of drug-likeness (QED) is 0.567. The molecule has 1 heterocycles. The Kier molecular flexibility index (Phi) is 6.68. The molecule has 25 heavy (non-hydrogen) atoms. The highest BCUT2D eigenvalue weighted by Gasteiger charge is 2.25. The lowest BCUT2D eigenvalue weighted by molar-refractivity contribution is -2.00. The summed E-state index contributed by atoms with van der Waals surface area (Å²) >= 11 is 7.19. The molecule has 7 nitrogen and oxygen atoms in total. The van der Waals surface area contributed by atoms with E-state index in [9.17, 15) is 0 Å². The van der Waals surface area contributed by atoms with Crippen LogP contribution >= 0.6 is 23.1 Å². The summed E-state index contributed by atoms with van der Waals surface area (Å²) in [5.74, 6) is 1.41. The Morgan fingerprint density at radius 2 is 1.48 bits per heavy atom. The van der Waals surface area contributed by atoms with Crippen molar-refractivity contribution in [2.45, 2.75) is 0 Å². The number of halogens is 2. The number of ether oxygens (including phenoxy) is 1. The second-order valence-electron chi connectivity index (χ2n) is 4.49.